The highest BCUT2D eigenvalue weighted by Crippen LogP contribution is 2.39. The van der Waals surface area contributed by atoms with Crippen LogP contribution in [-0.2, 0) is 4.79 Å². The molecule has 1 saturated heterocycles. The van der Waals surface area contributed by atoms with Gasteiger partial charge in [-0.25, -0.2) is 4.68 Å². The first-order chi connectivity index (χ1) is 12.8. The lowest BCUT2D eigenvalue weighted by atomic mass is 10.1. The van der Waals surface area contributed by atoms with Gasteiger partial charge < -0.3 is 4.90 Å². The number of likely N-dealkylation sites (tertiary alicyclic amines) is 1. The van der Waals surface area contributed by atoms with Crippen molar-refractivity contribution in [1.82, 2.24) is 25.1 Å². The Hall–Kier alpha value is -1.89. The van der Waals surface area contributed by atoms with Gasteiger partial charge in [0.1, 0.15) is 5.25 Å². The largest absolute Gasteiger partial charge is 0.341 e. The third-order valence-electron chi connectivity index (χ3n) is 5.35. The molecular formula is C19H25N5OS. The summed E-state index contributed by atoms with van der Waals surface area (Å²) in [5.41, 5.74) is 1.02. The first-order valence-electron chi connectivity index (χ1n) is 9.61. The van der Waals surface area contributed by atoms with Gasteiger partial charge in [0.2, 0.25) is 11.1 Å². The van der Waals surface area contributed by atoms with E-state index < -0.39 is 0 Å². The molecule has 0 N–H and O–H groups in total. The van der Waals surface area contributed by atoms with E-state index in [0.29, 0.717) is 6.04 Å². The second-order valence-electron chi connectivity index (χ2n) is 7.14. The number of hydrogen-bond acceptors (Lipinski definition) is 5. The summed E-state index contributed by atoms with van der Waals surface area (Å²) in [6.45, 7) is 1.71. The van der Waals surface area contributed by atoms with E-state index in [0.717, 1.165) is 49.5 Å². The van der Waals surface area contributed by atoms with Crippen LogP contribution in [0.5, 0.6) is 0 Å². The highest BCUT2D eigenvalue weighted by molar-refractivity contribution is 8.00. The topological polar surface area (TPSA) is 63.9 Å². The Kier molecular flexibility index (Phi) is 5.53. The van der Waals surface area contributed by atoms with E-state index >= 15 is 0 Å². The molecule has 1 aliphatic heterocycles. The molecule has 1 aromatic heterocycles. The van der Waals surface area contributed by atoms with Gasteiger partial charge in [0.15, 0.2) is 0 Å². The number of benzene rings is 1. The van der Waals surface area contributed by atoms with E-state index in [1.165, 1.54) is 31.0 Å². The zero-order chi connectivity index (χ0) is 17.8. The number of thioether (sulfide) groups is 1. The van der Waals surface area contributed by atoms with E-state index in [1.807, 2.05) is 39.9 Å². The molecule has 1 unspecified atom stereocenters. The molecule has 7 heteroatoms. The van der Waals surface area contributed by atoms with Gasteiger partial charge >= 0.3 is 0 Å². The van der Waals surface area contributed by atoms with Crippen LogP contribution < -0.4 is 0 Å². The van der Waals surface area contributed by atoms with Crippen molar-refractivity contribution < 1.29 is 4.79 Å². The van der Waals surface area contributed by atoms with Crippen LogP contribution in [0.4, 0.5) is 0 Å². The van der Waals surface area contributed by atoms with E-state index in [9.17, 15) is 4.79 Å². The number of hydrogen-bond donors (Lipinski definition) is 0. The zero-order valence-corrected chi connectivity index (χ0v) is 15.8. The minimum absolute atomic E-state index is 0.182. The molecule has 0 spiro atoms. The fourth-order valence-electron chi connectivity index (χ4n) is 3.92. The van der Waals surface area contributed by atoms with Crippen LogP contribution in [0.3, 0.4) is 0 Å². The lowest BCUT2D eigenvalue weighted by Crippen LogP contribution is -2.38. The van der Waals surface area contributed by atoms with Crippen molar-refractivity contribution in [3.63, 3.8) is 0 Å². The van der Waals surface area contributed by atoms with Crippen molar-refractivity contribution in [2.75, 3.05) is 13.1 Å². The fraction of sp³-hybridized carbons (Fsp3) is 0.579. The van der Waals surface area contributed by atoms with E-state index in [1.54, 1.807) is 0 Å². The van der Waals surface area contributed by atoms with Crippen LogP contribution in [0, 0.1) is 0 Å². The maximum atomic E-state index is 13.3. The summed E-state index contributed by atoms with van der Waals surface area (Å²) in [5.74, 6) is 0.182. The molecule has 138 valence electrons. The van der Waals surface area contributed by atoms with E-state index in [-0.39, 0.29) is 11.2 Å². The average molecular weight is 372 g/mol. The molecule has 2 heterocycles. The SMILES string of the molecule is O=C(C(Sc1nnnn1C1CCCC1)c1ccccc1)N1CCCCC1. The highest BCUT2D eigenvalue weighted by Gasteiger charge is 2.31. The van der Waals surface area contributed by atoms with Crippen LogP contribution in [0.2, 0.25) is 0 Å². The molecule has 0 radical (unpaired) electrons. The van der Waals surface area contributed by atoms with Gasteiger partial charge in [0, 0.05) is 13.1 Å². The lowest BCUT2D eigenvalue weighted by Gasteiger charge is -2.30. The van der Waals surface area contributed by atoms with Gasteiger partial charge in [-0.15, -0.1) is 5.10 Å². The number of carbonyl (C=O) groups excluding carboxylic acids is 1. The fourth-order valence-corrected chi connectivity index (χ4v) is 5.05. The number of carbonyl (C=O) groups is 1. The van der Waals surface area contributed by atoms with Crippen molar-refractivity contribution in [2.24, 2.45) is 0 Å². The molecule has 6 nitrogen and oxygen atoms in total. The summed E-state index contributed by atoms with van der Waals surface area (Å²) in [4.78, 5) is 15.3. The van der Waals surface area contributed by atoms with Crippen molar-refractivity contribution in [3.8, 4) is 0 Å². The predicted molar refractivity (Wildman–Crippen MR) is 101 cm³/mol. The van der Waals surface area contributed by atoms with Crippen molar-refractivity contribution in [1.29, 1.82) is 0 Å². The summed E-state index contributed by atoms with van der Waals surface area (Å²) in [5, 5.41) is 12.8. The number of aromatic nitrogens is 4. The minimum Gasteiger partial charge on any atom is -0.341 e. The average Bonchev–Trinajstić information content (AvgIpc) is 3.38. The third kappa shape index (κ3) is 3.77. The molecule has 0 bridgehead atoms. The molecule has 2 fully saturated rings. The normalized spacial score (nSPS) is 19.6. The van der Waals surface area contributed by atoms with Crippen LogP contribution in [0.1, 0.15) is 61.8 Å². The molecule has 1 atom stereocenters. The van der Waals surface area contributed by atoms with Gasteiger partial charge in [0.05, 0.1) is 6.04 Å². The van der Waals surface area contributed by atoms with Gasteiger partial charge in [-0.2, -0.15) is 0 Å². The first-order valence-corrected chi connectivity index (χ1v) is 10.5. The minimum atomic E-state index is -0.291. The summed E-state index contributed by atoms with van der Waals surface area (Å²) < 4.78 is 1.94. The Morgan fingerprint density at radius 2 is 1.77 bits per heavy atom. The van der Waals surface area contributed by atoms with Crippen LogP contribution >= 0.6 is 11.8 Å². The van der Waals surface area contributed by atoms with Crippen molar-refractivity contribution >= 4 is 17.7 Å². The number of tetrazole rings is 1. The zero-order valence-electron chi connectivity index (χ0n) is 15.0. The lowest BCUT2D eigenvalue weighted by molar-refractivity contribution is -0.131. The van der Waals surface area contributed by atoms with Crippen LogP contribution in [-0.4, -0.2) is 44.1 Å². The molecule has 1 aromatic carbocycles. The number of nitrogens with zero attached hydrogens (tertiary/aromatic N) is 5. The monoisotopic (exact) mass is 371 g/mol. The maximum absolute atomic E-state index is 13.3. The number of piperidine rings is 1. The summed E-state index contributed by atoms with van der Waals surface area (Å²) in [7, 11) is 0. The molecule has 2 aromatic rings. The van der Waals surface area contributed by atoms with E-state index in [4.69, 9.17) is 0 Å². The Morgan fingerprint density at radius 3 is 2.50 bits per heavy atom. The summed E-state index contributed by atoms with van der Waals surface area (Å²) in [6.07, 6.45) is 8.10. The first kappa shape index (κ1) is 17.5. The van der Waals surface area contributed by atoms with Crippen LogP contribution in [0.15, 0.2) is 35.5 Å². The Balaban J connectivity index is 1.59. The number of rotatable bonds is 5. The second-order valence-corrected chi connectivity index (χ2v) is 8.21. The van der Waals surface area contributed by atoms with Gasteiger partial charge in [0.25, 0.3) is 0 Å². The molecular weight excluding hydrogens is 346 g/mol. The molecule has 1 aliphatic carbocycles. The van der Waals surface area contributed by atoms with Gasteiger partial charge in [-0.05, 0) is 48.1 Å². The molecule has 26 heavy (non-hydrogen) atoms. The van der Waals surface area contributed by atoms with Crippen LogP contribution in [0.25, 0.3) is 0 Å². The molecule has 2 aliphatic rings. The van der Waals surface area contributed by atoms with Crippen molar-refractivity contribution in [3.05, 3.63) is 35.9 Å². The molecule has 1 saturated carbocycles. The Morgan fingerprint density at radius 1 is 1.04 bits per heavy atom. The summed E-state index contributed by atoms with van der Waals surface area (Å²) >= 11 is 1.50. The maximum Gasteiger partial charge on any atom is 0.240 e. The van der Waals surface area contributed by atoms with E-state index in [2.05, 4.69) is 15.5 Å². The standard InChI is InChI=1S/C19H25N5OS/c25-18(23-13-7-2-8-14-23)17(15-9-3-1-4-10-15)26-19-20-21-22-24(19)16-11-5-6-12-16/h1,3-4,9-10,16-17H,2,5-8,11-14H2. The van der Waals surface area contributed by atoms with Gasteiger partial charge in [-0.3, -0.25) is 4.79 Å². The summed E-state index contributed by atoms with van der Waals surface area (Å²) in [6, 6.07) is 10.4. The predicted octanol–water partition coefficient (Wildman–Crippen LogP) is 3.63. The number of amides is 1. The Bertz CT molecular complexity index is 723. The third-order valence-corrected chi connectivity index (χ3v) is 6.54. The molecule has 1 amide bonds. The van der Waals surface area contributed by atoms with Crippen molar-refractivity contribution in [2.45, 2.75) is 61.4 Å². The van der Waals surface area contributed by atoms with Gasteiger partial charge in [-0.1, -0.05) is 54.9 Å². The molecule has 4 rings (SSSR count). The smallest absolute Gasteiger partial charge is 0.240 e. The highest BCUT2D eigenvalue weighted by atomic mass is 32.2. The second kappa shape index (κ2) is 8.20. The Labute approximate surface area is 158 Å². The quantitative estimate of drug-likeness (QED) is 0.751.